The maximum Gasteiger partial charge on any atom is 0.415 e. The lowest BCUT2D eigenvalue weighted by molar-refractivity contribution is -0.162. The van der Waals surface area contributed by atoms with Gasteiger partial charge in [0.2, 0.25) is 0 Å². The Kier molecular flexibility index (Phi) is 6.20. The van der Waals surface area contributed by atoms with Crippen LogP contribution in [-0.2, 0) is 35.8 Å². The van der Waals surface area contributed by atoms with E-state index in [0.29, 0.717) is 11.3 Å². The number of hydrogen-bond donors (Lipinski definition) is 0. The monoisotopic (exact) mass is 409 g/mol. The van der Waals surface area contributed by atoms with Crippen LogP contribution in [0.15, 0.2) is 67.3 Å². The largest absolute Gasteiger partial charge is 0.468 e. The number of amides is 1. The number of nitrogens with zero attached hydrogens (tertiary/aromatic N) is 1. The predicted molar refractivity (Wildman–Crippen MR) is 110 cm³/mol. The minimum Gasteiger partial charge on any atom is -0.468 e. The van der Waals surface area contributed by atoms with Gasteiger partial charge in [-0.05, 0) is 11.6 Å². The summed E-state index contributed by atoms with van der Waals surface area (Å²) in [5.74, 6) is -1.52. The highest BCUT2D eigenvalue weighted by molar-refractivity contribution is 6.10. The second-order valence-corrected chi connectivity index (χ2v) is 6.82. The summed E-state index contributed by atoms with van der Waals surface area (Å²) in [4.78, 5) is 40.0. The molecule has 1 heterocycles. The standard InChI is InChI=1S/C23H23NO6/c1-4-17-14-23(20(25)28-2,21(26)29-3)18-12-8-9-13-19(18)24(17)22(27)30-15-16-10-6-5-7-11-16/h4-13,17H,1,14-15H2,2-3H3. The third kappa shape index (κ3) is 3.54. The molecule has 2 aromatic carbocycles. The minimum absolute atomic E-state index is 0.0761. The lowest BCUT2D eigenvalue weighted by Crippen LogP contribution is -2.56. The third-order valence-electron chi connectivity index (χ3n) is 5.21. The van der Waals surface area contributed by atoms with Crippen LogP contribution in [0, 0.1) is 0 Å². The Morgan fingerprint density at radius 2 is 1.63 bits per heavy atom. The van der Waals surface area contributed by atoms with Crippen molar-refractivity contribution in [3.05, 3.63) is 78.4 Å². The van der Waals surface area contributed by atoms with Crippen LogP contribution in [0.25, 0.3) is 0 Å². The average Bonchev–Trinajstić information content (AvgIpc) is 2.80. The van der Waals surface area contributed by atoms with Gasteiger partial charge in [0.1, 0.15) is 6.61 Å². The van der Waals surface area contributed by atoms with Crippen molar-refractivity contribution in [3.8, 4) is 0 Å². The summed E-state index contributed by atoms with van der Waals surface area (Å²) in [6.45, 7) is 3.88. The zero-order valence-corrected chi connectivity index (χ0v) is 16.9. The lowest BCUT2D eigenvalue weighted by Gasteiger charge is -2.42. The summed E-state index contributed by atoms with van der Waals surface area (Å²) in [5.41, 5.74) is -0.194. The topological polar surface area (TPSA) is 82.1 Å². The molecule has 1 aliphatic rings. The number of benzene rings is 2. The first kappa shape index (κ1) is 21.1. The minimum atomic E-state index is -1.71. The van der Waals surface area contributed by atoms with E-state index in [4.69, 9.17) is 14.2 Å². The number of carbonyl (C=O) groups is 3. The Balaban J connectivity index is 2.04. The van der Waals surface area contributed by atoms with Crippen LogP contribution in [0.5, 0.6) is 0 Å². The number of anilines is 1. The fourth-order valence-electron chi connectivity index (χ4n) is 3.77. The molecular weight excluding hydrogens is 386 g/mol. The van der Waals surface area contributed by atoms with E-state index < -0.39 is 29.5 Å². The van der Waals surface area contributed by atoms with Gasteiger partial charge in [-0.2, -0.15) is 0 Å². The van der Waals surface area contributed by atoms with Gasteiger partial charge >= 0.3 is 18.0 Å². The van der Waals surface area contributed by atoms with Crippen molar-refractivity contribution in [2.24, 2.45) is 0 Å². The first-order chi connectivity index (χ1) is 14.5. The Labute approximate surface area is 174 Å². The summed E-state index contributed by atoms with van der Waals surface area (Å²) in [7, 11) is 2.41. The number of ether oxygens (including phenoxy) is 3. The van der Waals surface area contributed by atoms with Crippen LogP contribution in [0.2, 0.25) is 0 Å². The van der Waals surface area contributed by atoms with Gasteiger partial charge in [-0.15, -0.1) is 6.58 Å². The number of hydrogen-bond acceptors (Lipinski definition) is 6. The summed E-state index contributed by atoms with van der Waals surface area (Å²) < 4.78 is 15.4. The van der Waals surface area contributed by atoms with E-state index >= 15 is 0 Å². The van der Waals surface area contributed by atoms with Gasteiger partial charge in [0.15, 0.2) is 5.41 Å². The first-order valence-corrected chi connectivity index (χ1v) is 9.38. The molecule has 0 aromatic heterocycles. The molecule has 2 aromatic rings. The van der Waals surface area contributed by atoms with E-state index in [0.717, 1.165) is 5.56 Å². The fourth-order valence-corrected chi connectivity index (χ4v) is 3.77. The number of fused-ring (bicyclic) bond motifs is 1. The normalized spacial score (nSPS) is 16.7. The van der Waals surface area contributed by atoms with Crippen LogP contribution in [0.3, 0.4) is 0 Å². The average molecular weight is 409 g/mol. The van der Waals surface area contributed by atoms with Crippen molar-refractivity contribution in [1.82, 2.24) is 0 Å². The number of carbonyl (C=O) groups excluding carboxylic acids is 3. The van der Waals surface area contributed by atoms with Gasteiger partial charge < -0.3 is 14.2 Å². The van der Waals surface area contributed by atoms with Gasteiger partial charge in [-0.3, -0.25) is 14.5 Å². The molecule has 156 valence electrons. The molecular formula is C23H23NO6. The Hall–Kier alpha value is -3.61. The van der Waals surface area contributed by atoms with Crippen molar-refractivity contribution in [1.29, 1.82) is 0 Å². The molecule has 0 radical (unpaired) electrons. The van der Waals surface area contributed by atoms with Crippen LogP contribution in [-0.4, -0.2) is 38.3 Å². The summed E-state index contributed by atoms with van der Waals surface area (Å²) >= 11 is 0. The number of esters is 2. The maximum atomic E-state index is 13.0. The molecule has 0 N–H and O–H groups in total. The second kappa shape index (κ2) is 8.82. The van der Waals surface area contributed by atoms with E-state index in [1.54, 1.807) is 24.3 Å². The van der Waals surface area contributed by atoms with Crippen molar-refractivity contribution in [2.45, 2.75) is 24.5 Å². The van der Waals surface area contributed by atoms with Gasteiger partial charge in [0.25, 0.3) is 0 Å². The molecule has 1 unspecified atom stereocenters. The predicted octanol–water partition coefficient (Wildman–Crippen LogP) is 3.37. The van der Waals surface area contributed by atoms with Crippen molar-refractivity contribution in [3.63, 3.8) is 0 Å². The highest BCUT2D eigenvalue weighted by Gasteiger charge is 2.57. The molecule has 1 atom stereocenters. The van der Waals surface area contributed by atoms with Crippen LogP contribution < -0.4 is 4.90 Å². The van der Waals surface area contributed by atoms with E-state index in [1.807, 2.05) is 30.3 Å². The zero-order valence-electron chi connectivity index (χ0n) is 16.9. The summed E-state index contributed by atoms with van der Waals surface area (Å²) in [5, 5.41) is 0. The Morgan fingerprint density at radius 3 is 2.23 bits per heavy atom. The van der Waals surface area contributed by atoms with Crippen LogP contribution >= 0.6 is 0 Å². The molecule has 3 rings (SSSR count). The maximum absolute atomic E-state index is 13.0. The summed E-state index contributed by atoms with van der Waals surface area (Å²) in [6.07, 6.45) is 0.813. The number of para-hydroxylation sites is 1. The fraction of sp³-hybridized carbons (Fsp3) is 0.261. The Morgan fingerprint density at radius 1 is 1.03 bits per heavy atom. The molecule has 7 heteroatoms. The quantitative estimate of drug-likeness (QED) is 0.326. The number of methoxy groups -OCH3 is 2. The lowest BCUT2D eigenvalue weighted by atomic mass is 9.71. The molecule has 0 spiro atoms. The van der Waals surface area contributed by atoms with E-state index in [2.05, 4.69) is 6.58 Å². The molecule has 30 heavy (non-hydrogen) atoms. The van der Waals surface area contributed by atoms with Crippen molar-refractivity contribution in [2.75, 3.05) is 19.1 Å². The van der Waals surface area contributed by atoms with E-state index in [9.17, 15) is 14.4 Å². The van der Waals surface area contributed by atoms with Crippen molar-refractivity contribution < 1.29 is 28.6 Å². The molecule has 1 aliphatic heterocycles. The molecule has 0 aliphatic carbocycles. The van der Waals surface area contributed by atoms with Crippen LogP contribution in [0.1, 0.15) is 17.5 Å². The van der Waals surface area contributed by atoms with E-state index in [1.165, 1.54) is 25.2 Å². The van der Waals surface area contributed by atoms with Gasteiger partial charge in [0, 0.05) is 12.0 Å². The zero-order chi connectivity index (χ0) is 21.7. The molecule has 7 nitrogen and oxygen atoms in total. The smallest absolute Gasteiger partial charge is 0.415 e. The van der Waals surface area contributed by atoms with Crippen molar-refractivity contribution >= 4 is 23.7 Å². The molecule has 1 amide bonds. The van der Waals surface area contributed by atoms with Crippen LogP contribution in [0.4, 0.5) is 10.5 Å². The molecule has 0 saturated heterocycles. The van der Waals surface area contributed by atoms with Gasteiger partial charge in [-0.25, -0.2) is 4.79 Å². The first-order valence-electron chi connectivity index (χ1n) is 9.38. The summed E-state index contributed by atoms with van der Waals surface area (Å²) in [6, 6.07) is 15.2. The highest BCUT2D eigenvalue weighted by Crippen LogP contribution is 2.45. The molecule has 0 saturated carbocycles. The third-order valence-corrected chi connectivity index (χ3v) is 5.21. The Bertz CT molecular complexity index is 939. The second-order valence-electron chi connectivity index (χ2n) is 6.82. The highest BCUT2D eigenvalue weighted by atomic mass is 16.6. The molecule has 0 bridgehead atoms. The SMILES string of the molecule is C=CC1CC(C(=O)OC)(C(=O)OC)c2ccccc2N1C(=O)OCc1ccccc1. The van der Waals surface area contributed by atoms with Gasteiger partial charge in [-0.1, -0.05) is 54.6 Å². The molecule has 0 fully saturated rings. The van der Waals surface area contributed by atoms with Gasteiger partial charge in [0.05, 0.1) is 25.9 Å². The van der Waals surface area contributed by atoms with E-state index in [-0.39, 0.29) is 13.0 Å². The number of rotatable bonds is 5.